The summed E-state index contributed by atoms with van der Waals surface area (Å²) in [6.45, 7) is 0. The fourth-order valence-corrected chi connectivity index (χ4v) is 7.05. The Hall–Kier alpha value is -5.04. The zero-order valence-electron chi connectivity index (χ0n) is 21.5. The van der Waals surface area contributed by atoms with Gasteiger partial charge in [0.25, 0.3) is 0 Å². The van der Waals surface area contributed by atoms with Gasteiger partial charge < -0.3 is 4.57 Å². The zero-order valence-corrected chi connectivity index (χ0v) is 22.3. The molecule has 0 amide bonds. The van der Waals surface area contributed by atoms with E-state index in [-0.39, 0.29) is 0 Å². The van der Waals surface area contributed by atoms with Crippen molar-refractivity contribution in [3.63, 3.8) is 0 Å². The van der Waals surface area contributed by atoms with Gasteiger partial charge in [0.15, 0.2) is 0 Å². The Labute approximate surface area is 236 Å². The molecule has 0 saturated carbocycles. The summed E-state index contributed by atoms with van der Waals surface area (Å²) in [6.07, 6.45) is 0. The third kappa shape index (κ3) is 3.51. The highest BCUT2D eigenvalue weighted by Gasteiger charge is 2.22. The second-order valence-electron chi connectivity index (χ2n) is 10.1. The van der Waals surface area contributed by atoms with Gasteiger partial charge in [-0.25, -0.2) is 0 Å². The van der Waals surface area contributed by atoms with E-state index >= 15 is 0 Å². The van der Waals surface area contributed by atoms with Crippen LogP contribution in [0.3, 0.4) is 0 Å². The lowest BCUT2D eigenvalue weighted by Crippen LogP contribution is -2.00. The fraction of sp³-hybridized carbons (Fsp3) is 0. The van der Waals surface area contributed by atoms with Crippen LogP contribution in [-0.4, -0.2) is 4.57 Å². The Morgan fingerprint density at radius 3 is 2.12 bits per heavy atom. The number of benzene rings is 6. The van der Waals surface area contributed by atoms with E-state index in [1.807, 2.05) is 36.0 Å². The van der Waals surface area contributed by atoms with E-state index in [1.165, 1.54) is 42.8 Å². The van der Waals surface area contributed by atoms with E-state index < -0.39 is 0 Å². The molecule has 0 atom stereocenters. The maximum atomic E-state index is 10.0. The second-order valence-corrected chi connectivity index (χ2v) is 11.2. The molecule has 8 rings (SSSR count). The van der Waals surface area contributed by atoms with Crippen LogP contribution in [0.5, 0.6) is 0 Å². The van der Waals surface area contributed by atoms with Crippen LogP contribution < -0.4 is 0 Å². The Balaban J connectivity index is 1.26. The molecule has 2 heterocycles. The Morgan fingerprint density at radius 1 is 0.525 bits per heavy atom. The number of rotatable bonds is 3. The van der Waals surface area contributed by atoms with Gasteiger partial charge in [-0.05, 0) is 75.8 Å². The minimum atomic E-state index is 0.680. The summed E-state index contributed by atoms with van der Waals surface area (Å²) < 4.78 is 2.42. The predicted molar refractivity (Wildman–Crippen MR) is 166 cm³/mol. The van der Waals surface area contributed by atoms with Crippen LogP contribution in [0.4, 0.5) is 0 Å². The fourth-order valence-electron chi connectivity index (χ4n) is 5.96. The minimum absolute atomic E-state index is 0.680. The van der Waals surface area contributed by atoms with Crippen LogP contribution in [-0.2, 0) is 0 Å². The molecule has 0 fully saturated rings. The number of nitriles is 1. The van der Waals surface area contributed by atoms with Crippen LogP contribution in [0.2, 0.25) is 0 Å². The summed E-state index contributed by atoms with van der Waals surface area (Å²) in [5.74, 6) is 0. The summed E-state index contributed by atoms with van der Waals surface area (Å²) in [5.41, 5.74) is 10.9. The topological polar surface area (TPSA) is 28.7 Å². The Bertz CT molecular complexity index is 2150. The number of nitrogens with zero attached hydrogens (tertiary/aromatic N) is 2. The first kappa shape index (κ1) is 22.9. The zero-order chi connectivity index (χ0) is 26.6. The molecule has 0 radical (unpaired) electrons. The molecule has 7 aromatic rings. The molecule has 2 nitrogen and oxygen atoms in total. The Morgan fingerprint density at radius 2 is 1.23 bits per heavy atom. The normalized spacial score (nSPS) is 11.9. The first-order valence-electron chi connectivity index (χ1n) is 13.3. The minimum Gasteiger partial charge on any atom is -0.307 e. The molecule has 1 aliphatic rings. The lowest BCUT2D eigenvalue weighted by molar-refractivity contribution is 1.09. The van der Waals surface area contributed by atoms with Crippen molar-refractivity contribution >= 4 is 33.6 Å². The quantitative estimate of drug-likeness (QED) is 0.229. The van der Waals surface area contributed by atoms with Crippen LogP contribution in [0.1, 0.15) is 5.56 Å². The van der Waals surface area contributed by atoms with Crippen LogP contribution in [0.25, 0.3) is 60.9 Å². The van der Waals surface area contributed by atoms with Crippen molar-refractivity contribution in [2.75, 3.05) is 0 Å². The summed E-state index contributed by atoms with van der Waals surface area (Å²) >= 11 is 1.85. The van der Waals surface area contributed by atoms with E-state index in [2.05, 4.69) is 120 Å². The predicted octanol–water partition coefficient (Wildman–Crippen LogP) is 10.1. The third-order valence-electron chi connectivity index (χ3n) is 7.83. The monoisotopic (exact) mass is 526 g/mol. The molecule has 0 N–H and O–H groups in total. The van der Waals surface area contributed by atoms with E-state index in [0.29, 0.717) is 5.56 Å². The standard InChI is InChI=1S/C37H22N2S/c38-23-29-21-26(24-8-2-1-3-9-24)16-18-30(29)28-11-6-10-25(20-28)27-17-19-33-32(22-27)31-12-7-15-36-37(31)39(33)34-13-4-5-14-35(34)40-36/h1-22H. The molecule has 40 heavy (non-hydrogen) atoms. The molecule has 1 aliphatic heterocycles. The van der Waals surface area contributed by atoms with Crippen LogP contribution in [0.15, 0.2) is 143 Å². The molecule has 6 aromatic carbocycles. The SMILES string of the molecule is N#Cc1cc(-c2ccccc2)ccc1-c1cccc(-c2ccc3c(c2)c2cccc4c2n3-c2ccccc2S4)c1. The smallest absolute Gasteiger partial charge is 0.0998 e. The largest absolute Gasteiger partial charge is 0.307 e. The van der Waals surface area contributed by atoms with Crippen molar-refractivity contribution in [3.05, 3.63) is 139 Å². The van der Waals surface area contributed by atoms with Crippen molar-refractivity contribution in [2.24, 2.45) is 0 Å². The van der Waals surface area contributed by atoms with Gasteiger partial charge >= 0.3 is 0 Å². The van der Waals surface area contributed by atoms with Gasteiger partial charge in [-0.15, -0.1) is 0 Å². The molecular weight excluding hydrogens is 504 g/mol. The highest BCUT2D eigenvalue weighted by Crippen LogP contribution is 2.47. The molecule has 0 bridgehead atoms. The first-order valence-corrected chi connectivity index (χ1v) is 14.1. The maximum Gasteiger partial charge on any atom is 0.0998 e. The van der Waals surface area contributed by atoms with Gasteiger partial charge in [-0.1, -0.05) is 103 Å². The average Bonchev–Trinajstić information content (AvgIpc) is 3.36. The molecule has 0 unspecified atom stereocenters. The number of aromatic nitrogens is 1. The number of hydrogen-bond acceptors (Lipinski definition) is 2. The molecule has 0 spiro atoms. The lowest BCUT2D eigenvalue weighted by atomic mass is 9.93. The van der Waals surface area contributed by atoms with Crippen molar-refractivity contribution < 1.29 is 0 Å². The van der Waals surface area contributed by atoms with Crippen LogP contribution in [0, 0.1) is 11.3 Å². The van der Waals surface area contributed by atoms with E-state index in [4.69, 9.17) is 0 Å². The van der Waals surface area contributed by atoms with Gasteiger partial charge in [0.05, 0.1) is 28.4 Å². The number of para-hydroxylation sites is 2. The van der Waals surface area contributed by atoms with Crippen LogP contribution >= 0.6 is 11.8 Å². The van der Waals surface area contributed by atoms with E-state index in [0.717, 1.165) is 27.8 Å². The van der Waals surface area contributed by atoms with Gasteiger partial charge in [-0.2, -0.15) is 5.26 Å². The Kier molecular flexibility index (Phi) is 5.16. The number of fused-ring (bicyclic) bond motifs is 5. The second kappa shape index (κ2) is 9.02. The first-order chi connectivity index (χ1) is 19.8. The van der Waals surface area contributed by atoms with Gasteiger partial charge in [0, 0.05) is 20.6 Å². The van der Waals surface area contributed by atoms with Crippen molar-refractivity contribution in [1.29, 1.82) is 5.26 Å². The molecular formula is C37H22N2S. The van der Waals surface area contributed by atoms with Crippen molar-refractivity contribution in [3.8, 4) is 45.1 Å². The summed E-state index contributed by atoms with van der Waals surface area (Å²) in [4.78, 5) is 2.57. The lowest BCUT2D eigenvalue weighted by Gasteiger charge is -2.19. The maximum absolute atomic E-state index is 10.0. The van der Waals surface area contributed by atoms with Gasteiger partial charge in [0.2, 0.25) is 0 Å². The van der Waals surface area contributed by atoms with Crippen molar-refractivity contribution in [1.82, 2.24) is 4.57 Å². The van der Waals surface area contributed by atoms with E-state index in [9.17, 15) is 5.26 Å². The van der Waals surface area contributed by atoms with Gasteiger partial charge in [0.1, 0.15) is 0 Å². The summed E-state index contributed by atoms with van der Waals surface area (Å²) in [7, 11) is 0. The number of hydrogen-bond donors (Lipinski definition) is 0. The average molecular weight is 527 g/mol. The highest BCUT2D eigenvalue weighted by atomic mass is 32.2. The summed E-state index contributed by atoms with van der Waals surface area (Å²) in [6, 6.07) is 49.4. The third-order valence-corrected chi connectivity index (χ3v) is 8.94. The summed E-state index contributed by atoms with van der Waals surface area (Å²) in [5, 5.41) is 12.6. The van der Waals surface area contributed by atoms with Crippen molar-refractivity contribution in [2.45, 2.75) is 9.79 Å². The molecule has 1 aromatic heterocycles. The molecule has 0 aliphatic carbocycles. The van der Waals surface area contributed by atoms with E-state index in [1.54, 1.807) is 0 Å². The van der Waals surface area contributed by atoms with Gasteiger partial charge in [-0.3, -0.25) is 0 Å². The molecule has 186 valence electrons. The molecule has 3 heteroatoms. The molecule has 0 saturated heterocycles. The highest BCUT2D eigenvalue weighted by molar-refractivity contribution is 7.99.